The maximum absolute atomic E-state index is 14.2. The first kappa shape index (κ1) is 26.4. The first-order valence-electron chi connectivity index (χ1n) is 12.7. The fraction of sp³-hybridized carbons (Fsp3) is 0.207. The second-order valence-corrected chi connectivity index (χ2v) is 10.5. The number of rotatable bonds is 9. The van der Waals surface area contributed by atoms with Gasteiger partial charge in [-0.05, 0) is 36.8 Å². The lowest BCUT2D eigenvalue weighted by Gasteiger charge is -2.27. The summed E-state index contributed by atoms with van der Waals surface area (Å²) in [4.78, 5) is 34.5. The summed E-state index contributed by atoms with van der Waals surface area (Å²) >= 11 is 1.10. The van der Waals surface area contributed by atoms with Gasteiger partial charge < -0.3 is 23.7 Å². The van der Waals surface area contributed by atoms with Crippen molar-refractivity contribution in [2.75, 3.05) is 6.61 Å². The second kappa shape index (κ2) is 11.0. The Bertz CT molecular complexity index is 1880. The Kier molecular flexibility index (Phi) is 7.05. The van der Waals surface area contributed by atoms with E-state index in [0.29, 0.717) is 46.1 Å². The number of ether oxygens (including phenoxy) is 2. The number of hydrogen-bond donors (Lipinski definition) is 1. The molecule has 0 amide bonds. The number of fused-ring (bicyclic) bond motifs is 1. The van der Waals surface area contributed by atoms with Crippen molar-refractivity contribution >= 4 is 27.7 Å². The summed E-state index contributed by atoms with van der Waals surface area (Å²) in [6.07, 6.45) is 2.59. The summed E-state index contributed by atoms with van der Waals surface area (Å²) in [5.41, 5.74) is 2.06. The van der Waals surface area contributed by atoms with E-state index >= 15 is 0 Å². The van der Waals surface area contributed by atoms with Crippen LogP contribution in [0.5, 0.6) is 5.88 Å². The van der Waals surface area contributed by atoms with Gasteiger partial charge in [-0.3, -0.25) is 4.79 Å². The Morgan fingerprint density at radius 2 is 2.07 bits per heavy atom. The lowest BCUT2D eigenvalue weighted by Crippen LogP contribution is -2.32. The number of hydrogen-bond acceptors (Lipinski definition) is 8. The first-order chi connectivity index (χ1) is 19.9. The molecule has 1 N–H and O–H groups in total. The van der Waals surface area contributed by atoms with Crippen LogP contribution in [-0.2, 0) is 24.4 Å². The zero-order valence-electron chi connectivity index (χ0n) is 21.5. The molecular formula is C29H22FN5O5S. The van der Waals surface area contributed by atoms with Crippen molar-refractivity contribution in [2.24, 2.45) is 0 Å². The van der Waals surface area contributed by atoms with E-state index in [1.807, 2.05) is 10.6 Å². The third kappa shape index (κ3) is 5.45. The molecule has 1 aliphatic rings. The minimum Gasteiger partial charge on any atom is -0.477 e. The number of thiophene rings is 1. The molecule has 4 aromatic heterocycles. The zero-order valence-corrected chi connectivity index (χ0v) is 22.3. The lowest BCUT2D eigenvalue weighted by molar-refractivity contribution is -0.0590. The largest absolute Gasteiger partial charge is 0.477 e. The van der Waals surface area contributed by atoms with Crippen molar-refractivity contribution in [3.8, 4) is 23.2 Å². The summed E-state index contributed by atoms with van der Waals surface area (Å²) in [6.45, 7) is 1.34. The average molecular weight is 572 g/mol. The standard InChI is InChI=1S/C29H22FN5O5S/c30-21-10-17(13-31)4-5-19(21)16-40-26-3-1-2-22(32-26)18-6-8-34(27(36)11-18)15-25-33-28-23(12-24(41-28)29(37)38)35(25)14-20-7-9-39-20/h1-6,8,10-12,20H,7,9,14-16H2,(H,37,38). The monoisotopic (exact) mass is 571 g/mol. The van der Waals surface area contributed by atoms with Crippen molar-refractivity contribution in [2.45, 2.75) is 32.2 Å². The van der Waals surface area contributed by atoms with Gasteiger partial charge in [0.2, 0.25) is 5.88 Å². The molecule has 0 spiro atoms. The number of aromatic nitrogens is 4. The molecule has 0 radical (unpaired) electrons. The molecule has 0 bridgehead atoms. The number of aromatic carboxylic acids is 1. The Balaban J connectivity index is 1.21. The molecule has 5 aromatic rings. The summed E-state index contributed by atoms with van der Waals surface area (Å²) in [6, 6.07) is 16.0. The summed E-state index contributed by atoms with van der Waals surface area (Å²) in [5.74, 6) is -0.641. The third-order valence-corrected chi connectivity index (χ3v) is 7.81. The van der Waals surface area contributed by atoms with Crippen LogP contribution in [-0.4, -0.2) is 42.9 Å². The quantitative estimate of drug-likeness (QED) is 0.275. The van der Waals surface area contributed by atoms with Gasteiger partial charge in [-0.25, -0.2) is 19.2 Å². The van der Waals surface area contributed by atoms with Crippen LogP contribution >= 0.6 is 11.3 Å². The van der Waals surface area contributed by atoms with E-state index in [-0.39, 0.29) is 41.1 Å². The molecule has 1 unspecified atom stereocenters. The van der Waals surface area contributed by atoms with Gasteiger partial charge in [-0.15, -0.1) is 11.3 Å². The number of nitrogens with zero attached hydrogens (tertiary/aromatic N) is 5. The van der Waals surface area contributed by atoms with Crippen molar-refractivity contribution < 1.29 is 23.8 Å². The van der Waals surface area contributed by atoms with Crippen molar-refractivity contribution in [3.05, 3.63) is 98.8 Å². The number of carboxylic acid groups (broad SMARTS) is 1. The fourth-order valence-corrected chi connectivity index (χ4v) is 5.41. The minimum atomic E-state index is -1.00. The first-order valence-corrected chi connectivity index (χ1v) is 13.5. The molecule has 1 aromatic carbocycles. The summed E-state index contributed by atoms with van der Waals surface area (Å²) in [7, 11) is 0. The molecule has 0 saturated carbocycles. The molecule has 1 atom stereocenters. The van der Waals surface area contributed by atoms with Gasteiger partial charge in [0, 0.05) is 36.1 Å². The van der Waals surface area contributed by atoms with Gasteiger partial charge in [0.1, 0.15) is 28.0 Å². The van der Waals surface area contributed by atoms with E-state index in [1.54, 1.807) is 36.5 Å². The SMILES string of the molecule is N#Cc1ccc(COc2cccc(-c3ccn(Cc4nc5sc(C(=O)O)cc5n4CC4CCO4)c(=O)c3)n2)c(F)c1. The van der Waals surface area contributed by atoms with Gasteiger partial charge in [0.05, 0.1) is 42.0 Å². The van der Waals surface area contributed by atoms with Crippen LogP contribution in [0, 0.1) is 17.1 Å². The van der Waals surface area contributed by atoms with Crippen molar-refractivity contribution in [3.63, 3.8) is 0 Å². The number of imidazole rings is 1. The van der Waals surface area contributed by atoms with E-state index in [0.717, 1.165) is 23.8 Å². The van der Waals surface area contributed by atoms with Crippen LogP contribution in [0.25, 0.3) is 21.6 Å². The molecular weight excluding hydrogens is 549 g/mol. The molecule has 6 rings (SSSR count). The normalized spacial score (nSPS) is 14.5. The van der Waals surface area contributed by atoms with Crippen LogP contribution in [0.3, 0.4) is 0 Å². The molecule has 0 aliphatic carbocycles. The molecule has 1 aliphatic heterocycles. The number of carbonyl (C=O) groups is 1. The molecule has 1 saturated heterocycles. The average Bonchev–Trinajstić information content (AvgIpc) is 3.49. The Morgan fingerprint density at radius 3 is 2.78 bits per heavy atom. The molecule has 1 fully saturated rings. The van der Waals surface area contributed by atoms with E-state index in [2.05, 4.69) is 9.97 Å². The van der Waals surface area contributed by atoms with Gasteiger partial charge in [-0.1, -0.05) is 12.1 Å². The van der Waals surface area contributed by atoms with E-state index in [1.165, 1.54) is 22.8 Å². The fourth-order valence-electron chi connectivity index (χ4n) is 4.52. The van der Waals surface area contributed by atoms with Crippen molar-refractivity contribution in [1.29, 1.82) is 5.26 Å². The van der Waals surface area contributed by atoms with Gasteiger partial charge in [-0.2, -0.15) is 5.26 Å². The second-order valence-electron chi connectivity index (χ2n) is 9.48. The Hall–Kier alpha value is -4.86. The third-order valence-electron chi connectivity index (χ3n) is 6.80. The van der Waals surface area contributed by atoms with E-state index in [9.17, 15) is 19.1 Å². The van der Waals surface area contributed by atoms with E-state index in [4.69, 9.17) is 14.7 Å². The Labute approximate surface area is 236 Å². The highest BCUT2D eigenvalue weighted by molar-refractivity contribution is 7.20. The molecule has 206 valence electrons. The Morgan fingerprint density at radius 1 is 1.22 bits per heavy atom. The number of nitriles is 1. The highest BCUT2D eigenvalue weighted by Crippen LogP contribution is 2.29. The number of halogens is 1. The van der Waals surface area contributed by atoms with Crippen LogP contribution in [0.15, 0.2) is 65.6 Å². The smallest absolute Gasteiger partial charge is 0.346 e. The predicted octanol–water partition coefficient (Wildman–Crippen LogP) is 4.45. The topological polar surface area (TPSA) is 132 Å². The van der Waals surface area contributed by atoms with Crippen LogP contribution in [0.4, 0.5) is 4.39 Å². The highest BCUT2D eigenvalue weighted by atomic mass is 32.1. The predicted molar refractivity (Wildman–Crippen MR) is 147 cm³/mol. The van der Waals surface area contributed by atoms with Crippen molar-refractivity contribution in [1.82, 2.24) is 19.1 Å². The molecule has 41 heavy (non-hydrogen) atoms. The lowest BCUT2D eigenvalue weighted by atomic mass is 10.1. The molecule has 12 heteroatoms. The van der Waals surface area contributed by atoms with Crippen LogP contribution in [0.1, 0.15) is 33.0 Å². The van der Waals surface area contributed by atoms with E-state index < -0.39 is 11.8 Å². The summed E-state index contributed by atoms with van der Waals surface area (Å²) < 4.78 is 28.9. The number of pyridine rings is 2. The highest BCUT2D eigenvalue weighted by Gasteiger charge is 2.24. The zero-order chi connectivity index (χ0) is 28.5. The van der Waals surface area contributed by atoms with Gasteiger partial charge in [0.25, 0.3) is 5.56 Å². The molecule has 10 nitrogen and oxygen atoms in total. The number of benzene rings is 1. The molecule has 5 heterocycles. The number of carboxylic acids is 1. The van der Waals surface area contributed by atoms with Crippen LogP contribution in [0.2, 0.25) is 0 Å². The maximum Gasteiger partial charge on any atom is 0.346 e. The van der Waals surface area contributed by atoms with Crippen LogP contribution < -0.4 is 10.3 Å². The maximum atomic E-state index is 14.2. The minimum absolute atomic E-state index is 0.0207. The summed E-state index contributed by atoms with van der Waals surface area (Å²) in [5, 5.41) is 18.3. The van der Waals surface area contributed by atoms with Gasteiger partial charge >= 0.3 is 5.97 Å². The van der Waals surface area contributed by atoms with Gasteiger partial charge in [0.15, 0.2) is 0 Å².